The lowest BCUT2D eigenvalue weighted by Crippen LogP contribution is -2.38. The molecule has 1 fully saturated rings. The number of allylic oxidation sites excluding steroid dienone is 1. The number of aliphatic imine (C=N–C) groups is 1. The van der Waals surface area contributed by atoms with E-state index in [2.05, 4.69) is 49.0 Å². The lowest BCUT2D eigenvalue weighted by Gasteiger charge is -2.34. The second kappa shape index (κ2) is 6.60. The van der Waals surface area contributed by atoms with Gasteiger partial charge in [0, 0.05) is 24.7 Å². The molecule has 0 saturated carbocycles. The number of aromatic nitrogens is 1. The van der Waals surface area contributed by atoms with E-state index in [1.165, 1.54) is 22.5 Å². The van der Waals surface area contributed by atoms with E-state index < -0.39 is 0 Å². The molecule has 3 heterocycles. The number of ether oxygens (including phenoxy) is 1. The normalized spacial score (nSPS) is 21.3. The summed E-state index contributed by atoms with van der Waals surface area (Å²) in [4.78, 5) is 11.7. The molecule has 1 aromatic heterocycles. The van der Waals surface area contributed by atoms with Crippen LogP contribution in [0.4, 0.5) is 11.4 Å². The Morgan fingerprint density at radius 3 is 3.00 bits per heavy atom. The van der Waals surface area contributed by atoms with Gasteiger partial charge in [0.2, 0.25) is 5.88 Å². The number of nitrogens with zero attached hydrogens (tertiary/aromatic N) is 3. The van der Waals surface area contributed by atoms with E-state index in [9.17, 15) is 0 Å². The maximum atomic E-state index is 5.63. The summed E-state index contributed by atoms with van der Waals surface area (Å²) < 4.78 is 5.63. The van der Waals surface area contributed by atoms with Crippen molar-refractivity contribution in [2.45, 2.75) is 40.2 Å². The van der Waals surface area contributed by atoms with Gasteiger partial charge >= 0.3 is 0 Å². The molecule has 1 N–H and O–H groups in total. The summed E-state index contributed by atoms with van der Waals surface area (Å²) in [6, 6.07) is 0.317. The predicted octanol–water partition coefficient (Wildman–Crippen LogP) is 3.20. The lowest BCUT2D eigenvalue weighted by atomic mass is 10.00. The minimum absolute atomic E-state index is 0.317. The van der Waals surface area contributed by atoms with Crippen molar-refractivity contribution in [3.8, 4) is 5.88 Å². The van der Waals surface area contributed by atoms with Gasteiger partial charge in [0.1, 0.15) is 12.3 Å². The molecular formula is C18H26N4O. The van der Waals surface area contributed by atoms with Crippen molar-refractivity contribution in [1.29, 1.82) is 0 Å². The molecule has 5 heteroatoms. The van der Waals surface area contributed by atoms with Gasteiger partial charge < -0.3 is 15.0 Å². The van der Waals surface area contributed by atoms with E-state index in [1.807, 2.05) is 6.20 Å². The Balaban J connectivity index is 1.91. The Morgan fingerprint density at radius 2 is 2.26 bits per heavy atom. The van der Waals surface area contributed by atoms with E-state index in [4.69, 9.17) is 9.73 Å². The molecule has 0 radical (unpaired) electrons. The van der Waals surface area contributed by atoms with Gasteiger partial charge in [-0.25, -0.2) is 4.98 Å². The minimum atomic E-state index is 0.317. The van der Waals surface area contributed by atoms with Crippen LogP contribution in [0.15, 0.2) is 22.8 Å². The van der Waals surface area contributed by atoms with Crippen LogP contribution in [0.1, 0.15) is 32.8 Å². The number of rotatable bonds is 2. The monoisotopic (exact) mass is 314 g/mol. The summed E-state index contributed by atoms with van der Waals surface area (Å²) in [6.45, 7) is 11.9. The van der Waals surface area contributed by atoms with E-state index >= 15 is 0 Å². The number of nitrogens with one attached hydrogen (secondary N) is 1. The van der Waals surface area contributed by atoms with Crippen molar-refractivity contribution in [1.82, 2.24) is 4.98 Å². The average molecular weight is 314 g/mol. The SMILES string of the molecule is C/C=C1/CCN(c2cnc3c(c2C)NCCO3)CC1=NC(C)C. The van der Waals surface area contributed by atoms with Gasteiger partial charge in [-0.3, -0.25) is 4.99 Å². The summed E-state index contributed by atoms with van der Waals surface area (Å²) in [5.74, 6) is 0.722. The summed E-state index contributed by atoms with van der Waals surface area (Å²) in [5.41, 5.74) is 6.00. The summed E-state index contributed by atoms with van der Waals surface area (Å²) in [7, 11) is 0. The summed E-state index contributed by atoms with van der Waals surface area (Å²) in [5, 5.41) is 3.42. The Labute approximate surface area is 138 Å². The Hall–Kier alpha value is -2.04. The molecule has 1 saturated heterocycles. The topological polar surface area (TPSA) is 49.8 Å². The Morgan fingerprint density at radius 1 is 1.43 bits per heavy atom. The van der Waals surface area contributed by atoms with Crippen LogP contribution < -0.4 is 15.0 Å². The smallest absolute Gasteiger partial charge is 0.237 e. The van der Waals surface area contributed by atoms with Crippen molar-refractivity contribution >= 4 is 17.1 Å². The van der Waals surface area contributed by atoms with Crippen LogP contribution in [0.25, 0.3) is 0 Å². The highest BCUT2D eigenvalue weighted by Gasteiger charge is 2.24. The third-order valence-electron chi connectivity index (χ3n) is 4.39. The quantitative estimate of drug-likeness (QED) is 0.911. The molecule has 0 aliphatic carbocycles. The zero-order valence-electron chi connectivity index (χ0n) is 14.5. The van der Waals surface area contributed by atoms with Crippen molar-refractivity contribution in [3.63, 3.8) is 0 Å². The van der Waals surface area contributed by atoms with Crippen molar-refractivity contribution in [2.75, 3.05) is 36.5 Å². The number of fused-ring (bicyclic) bond motifs is 1. The lowest BCUT2D eigenvalue weighted by molar-refractivity contribution is 0.310. The largest absolute Gasteiger partial charge is 0.474 e. The van der Waals surface area contributed by atoms with Crippen LogP contribution in [0.5, 0.6) is 5.88 Å². The van der Waals surface area contributed by atoms with Crippen LogP contribution in [0, 0.1) is 6.92 Å². The molecule has 2 aliphatic rings. The molecule has 0 aromatic carbocycles. The van der Waals surface area contributed by atoms with Gasteiger partial charge in [-0.15, -0.1) is 0 Å². The number of anilines is 2. The van der Waals surface area contributed by atoms with Crippen molar-refractivity contribution in [3.05, 3.63) is 23.4 Å². The first-order valence-corrected chi connectivity index (χ1v) is 8.43. The second-order valence-corrected chi connectivity index (χ2v) is 6.38. The highest BCUT2D eigenvalue weighted by Crippen LogP contribution is 2.35. The van der Waals surface area contributed by atoms with Crippen molar-refractivity contribution in [2.24, 2.45) is 4.99 Å². The van der Waals surface area contributed by atoms with Gasteiger partial charge in [0.05, 0.1) is 24.1 Å². The third-order valence-corrected chi connectivity index (χ3v) is 4.39. The first-order valence-electron chi connectivity index (χ1n) is 8.43. The zero-order chi connectivity index (χ0) is 16.4. The average Bonchev–Trinajstić information content (AvgIpc) is 2.55. The molecule has 0 unspecified atom stereocenters. The minimum Gasteiger partial charge on any atom is -0.474 e. The van der Waals surface area contributed by atoms with Crippen LogP contribution in [0.2, 0.25) is 0 Å². The molecule has 2 aliphatic heterocycles. The highest BCUT2D eigenvalue weighted by molar-refractivity contribution is 6.04. The first-order chi connectivity index (χ1) is 11.1. The van der Waals surface area contributed by atoms with Crippen LogP contribution in [-0.4, -0.2) is 43.0 Å². The van der Waals surface area contributed by atoms with E-state index in [1.54, 1.807) is 0 Å². The van der Waals surface area contributed by atoms with Crippen LogP contribution in [0.3, 0.4) is 0 Å². The fourth-order valence-electron chi connectivity index (χ4n) is 3.24. The molecule has 23 heavy (non-hydrogen) atoms. The van der Waals surface area contributed by atoms with Gasteiger partial charge in [-0.1, -0.05) is 6.08 Å². The van der Waals surface area contributed by atoms with Crippen LogP contribution in [-0.2, 0) is 0 Å². The van der Waals surface area contributed by atoms with Gasteiger partial charge in [0.25, 0.3) is 0 Å². The fourth-order valence-corrected chi connectivity index (χ4v) is 3.24. The number of piperidine rings is 1. The molecule has 124 valence electrons. The van der Waals surface area contributed by atoms with E-state index in [0.717, 1.165) is 37.6 Å². The number of hydrogen-bond donors (Lipinski definition) is 1. The highest BCUT2D eigenvalue weighted by atomic mass is 16.5. The maximum absolute atomic E-state index is 5.63. The molecule has 5 nitrogen and oxygen atoms in total. The van der Waals surface area contributed by atoms with Crippen molar-refractivity contribution < 1.29 is 4.74 Å². The Bertz CT molecular complexity index is 649. The summed E-state index contributed by atoms with van der Waals surface area (Å²) >= 11 is 0. The maximum Gasteiger partial charge on any atom is 0.237 e. The van der Waals surface area contributed by atoms with Gasteiger partial charge in [-0.05, 0) is 39.7 Å². The zero-order valence-corrected chi connectivity index (χ0v) is 14.5. The molecule has 1 aromatic rings. The molecule has 0 amide bonds. The van der Waals surface area contributed by atoms with Gasteiger partial charge in [-0.2, -0.15) is 0 Å². The number of pyridine rings is 1. The standard InChI is InChI=1S/C18H26N4O/c1-5-14-6-8-22(11-15(14)21-12(2)3)16-10-20-18-17(13(16)4)19-7-9-23-18/h5,10,12,19H,6-9,11H2,1-4H3/b14-5-,21-15?. The number of hydrogen-bond acceptors (Lipinski definition) is 5. The fraction of sp³-hybridized carbons (Fsp3) is 0.556. The molecule has 3 rings (SSSR count). The second-order valence-electron chi connectivity index (χ2n) is 6.38. The van der Waals surface area contributed by atoms with Crippen LogP contribution >= 0.6 is 0 Å². The van der Waals surface area contributed by atoms with Gasteiger partial charge in [0.15, 0.2) is 0 Å². The molecule has 0 atom stereocenters. The van der Waals surface area contributed by atoms with E-state index in [-0.39, 0.29) is 0 Å². The molecular weight excluding hydrogens is 288 g/mol. The Kier molecular flexibility index (Phi) is 4.55. The van der Waals surface area contributed by atoms with E-state index in [0.29, 0.717) is 12.6 Å². The predicted molar refractivity (Wildman–Crippen MR) is 96.1 cm³/mol. The summed E-state index contributed by atoms with van der Waals surface area (Å²) in [6.07, 6.45) is 5.17. The first kappa shape index (κ1) is 15.8. The third kappa shape index (κ3) is 3.19. The molecule has 0 bridgehead atoms. The molecule has 0 spiro atoms.